The topological polar surface area (TPSA) is 35.0 Å². The number of hydrogen-bond donors (Lipinski definition) is 0. The van der Waals surface area contributed by atoms with Gasteiger partial charge in [-0.3, -0.25) is 0 Å². The lowest BCUT2D eigenvalue weighted by molar-refractivity contribution is 0.0751. The number of ether oxygens (including phenoxy) is 1. The van der Waals surface area contributed by atoms with Crippen LogP contribution in [0.2, 0.25) is 0 Å². The van der Waals surface area contributed by atoms with E-state index in [1.807, 2.05) is 6.92 Å². The molecule has 0 aliphatic heterocycles. The van der Waals surface area contributed by atoms with Gasteiger partial charge in [0, 0.05) is 6.61 Å². The average molecular weight is 226 g/mol. The molecule has 1 saturated carbocycles. The Morgan fingerprint density at radius 2 is 2.13 bits per heavy atom. The second-order valence-corrected chi connectivity index (χ2v) is 5.14. The summed E-state index contributed by atoms with van der Waals surface area (Å²) < 4.78 is 9.63. The summed E-state index contributed by atoms with van der Waals surface area (Å²) in [5, 5.41) is 3.97. The first-order valence-electron chi connectivity index (χ1n) is 5.72. The average Bonchev–Trinajstić information content (AvgIpc) is 2.66. The predicted molar refractivity (Wildman–Crippen MR) is 60.9 cm³/mol. The molecular formula is C11H18N2OS. The minimum absolute atomic E-state index is 0.694. The summed E-state index contributed by atoms with van der Waals surface area (Å²) in [6.07, 6.45) is 6.87. The van der Waals surface area contributed by atoms with E-state index >= 15 is 0 Å². The highest BCUT2D eigenvalue weighted by Crippen LogP contribution is 2.24. The van der Waals surface area contributed by atoms with E-state index in [2.05, 4.69) is 9.59 Å². The fraction of sp³-hybridized carbons (Fsp3) is 0.818. The van der Waals surface area contributed by atoms with Crippen LogP contribution in [-0.2, 0) is 11.3 Å². The van der Waals surface area contributed by atoms with Crippen LogP contribution in [0.4, 0.5) is 0 Å². The van der Waals surface area contributed by atoms with Crippen molar-refractivity contribution in [1.82, 2.24) is 9.59 Å². The van der Waals surface area contributed by atoms with E-state index in [4.69, 9.17) is 4.74 Å². The summed E-state index contributed by atoms with van der Waals surface area (Å²) in [6.45, 7) is 3.60. The first-order valence-corrected chi connectivity index (χ1v) is 6.49. The van der Waals surface area contributed by atoms with E-state index in [0.717, 1.165) is 18.2 Å². The quantitative estimate of drug-likeness (QED) is 0.791. The minimum atomic E-state index is 0.694. The third-order valence-electron chi connectivity index (χ3n) is 3.06. The first-order chi connectivity index (χ1) is 7.36. The molecule has 0 aromatic carbocycles. The number of hydrogen-bond acceptors (Lipinski definition) is 4. The van der Waals surface area contributed by atoms with Crippen LogP contribution in [-0.4, -0.2) is 16.2 Å². The maximum Gasteiger partial charge on any atom is 0.0844 e. The molecule has 1 aromatic rings. The Bertz CT molecular complexity index is 295. The number of nitrogens with zero attached hydrogens (tertiary/aromatic N) is 2. The fourth-order valence-electron chi connectivity index (χ4n) is 2.06. The van der Waals surface area contributed by atoms with E-state index in [0.29, 0.717) is 6.61 Å². The molecule has 1 aliphatic rings. The molecule has 1 aromatic heterocycles. The summed E-state index contributed by atoms with van der Waals surface area (Å²) in [5.74, 6) is 0.792. The van der Waals surface area contributed by atoms with Crippen LogP contribution >= 0.6 is 11.5 Å². The molecule has 0 amide bonds. The lowest BCUT2D eigenvalue weighted by Crippen LogP contribution is -2.13. The minimum Gasteiger partial charge on any atom is -0.376 e. The highest BCUT2D eigenvalue weighted by atomic mass is 32.1. The van der Waals surface area contributed by atoms with E-state index in [1.165, 1.54) is 48.5 Å². The molecule has 1 fully saturated rings. The van der Waals surface area contributed by atoms with Crippen molar-refractivity contribution in [3.8, 4) is 0 Å². The Balaban J connectivity index is 1.68. The van der Waals surface area contributed by atoms with Gasteiger partial charge in [0.15, 0.2) is 0 Å². The molecule has 0 bridgehead atoms. The van der Waals surface area contributed by atoms with Crippen molar-refractivity contribution >= 4 is 11.5 Å². The van der Waals surface area contributed by atoms with Crippen molar-refractivity contribution in [2.45, 2.75) is 45.6 Å². The zero-order chi connectivity index (χ0) is 10.5. The molecule has 0 unspecified atom stereocenters. The van der Waals surface area contributed by atoms with Crippen LogP contribution in [0.25, 0.3) is 0 Å². The van der Waals surface area contributed by atoms with Crippen molar-refractivity contribution in [3.05, 3.63) is 10.6 Å². The van der Waals surface area contributed by atoms with Crippen molar-refractivity contribution in [1.29, 1.82) is 0 Å². The van der Waals surface area contributed by atoms with E-state index in [9.17, 15) is 0 Å². The Morgan fingerprint density at radius 1 is 1.33 bits per heavy atom. The zero-order valence-corrected chi connectivity index (χ0v) is 10.1. The Hall–Kier alpha value is -0.480. The smallest absolute Gasteiger partial charge is 0.0844 e. The summed E-state index contributed by atoms with van der Waals surface area (Å²) >= 11 is 1.45. The third kappa shape index (κ3) is 3.24. The van der Waals surface area contributed by atoms with Gasteiger partial charge in [-0.05, 0) is 37.2 Å². The zero-order valence-electron chi connectivity index (χ0n) is 9.24. The van der Waals surface area contributed by atoms with E-state index in [1.54, 1.807) is 0 Å². The van der Waals surface area contributed by atoms with Crippen LogP contribution in [0.3, 0.4) is 0 Å². The van der Waals surface area contributed by atoms with Gasteiger partial charge in [-0.2, -0.15) is 0 Å². The molecule has 4 heteroatoms. The maximum atomic E-state index is 5.73. The van der Waals surface area contributed by atoms with E-state index in [-0.39, 0.29) is 0 Å². The Morgan fingerprint density at radius 3 is 2.80 bits per heavy atom. The van der Waals surface area contributed by atoms with Gasteiger partial charge in [0.2, 0.25) is 0 Å². The van der Waals surface area contributed by atoms with Gasteiger partial charge in [-0.15, -0.1) is 5.10 Å². The van der Waals surface area contributed by atoms with Crippen molar-refractivity contribution in [3.63, 3.8) is 0 Å². The second-order valence-electron chi connectivity index (χ2n) is 4.30. The summed E-state index contributed by atoms with van der Waals surface area (Å²) in [5.41, 5.74) is 1.02. The van der Waals surface area contributed by atoms with Crippen LogP contribution in [0, 0.1) is 12.8 Å². The highest BCUT2D eigenvalue weighted by Gasteiger charge is 2.13. The maximum absolute atomic E-state index is 5.73. The molecule has 84 valence electrons. The lowest BCUT2D eigenvalue weighted by atomic mass is 9.90. The van der Waals surface area contributed by atoms with Gasteiger partial charge in [-0.1, -0.05) is 23.8 Å². The Kier molecular flexibility index (Phi) is 4.09. The molecule has 0 spiro atoms. The van der Waals surface area contributed by atoms with E-state index < -0.39 is 0 Å². The molecule has 0 radical (unpaired) electrons. The van der Waals surface area contributed by atoms with Gasteiger partial charge in [0.1, 0.15) is 0 Å². The Labute approximate surface area is 95.0 Å². The van der Waals surface area contributed by atoms with Crippen molar-refractivity contribution in [2.24, 2.45) is 5.92 Å². The molecular weight excluding hydrogens is 208 g/mol. The van der Waals surface area contributed by atoms with Crippen LogP contribution in [0.15, 0.2) is 0 Å². The van der Waals surface area contributed by atoms with Gasteiger partial charge < -0.3 is 4.74 Å². The number of aryl methyl sites for hydroxylation is 1. The lowest BCUT2D eigenvalue weighted by Gasteiger charge is -2.20. The van der Waals surface area contributed by atoms with Gasteiger partial charge in [0.05, 0.1) is 17.2 Å². The van der Waals surface area contributed by atoms with Crippen LogP contribution in [0.5, 0.6) is 0 Å². The molecule has 0 atom stereocenters. The largest absolute Gasteiger partial charge is 0.376 e. The second kappa shape index (κ2) is 5.56. The summed E-state index contributed by atoms with van der Waals surface area (Å²) in [4.78, 5) is 1.17. The monoisotopic (exact) mass is 226 g/mol. The van der Waals surface area contributed by atoms with Gasteiger partial charge >= 0.3 is 0 Å². The summed E-state index contributed by atoms with van der Waals surface area (Å²) in [6, 6.07) is 0. The van der Waals surface area contributed by atoms with Crippen molar-refractivity contribution in [2.75, 3.05) is 6.61 Å². The highest BCUT2D eigenvalue weighted by molar-refractivity contribution is 7.05. The molecule has 1 aliphatic carbocycles. The third-order valence-corrected chi connectivity index (χ3v) is 3.85. The summed E-state index contributed by atoms with van der Waals surface area (Å²) in [7, 11) is 0. The van der Waals surface area contributed by atoms with Crippen LogP contribution < -0.4 is 0 Å². The SMILES string of the molecule is Cc1nnsc1COCC1CCCCC1. The van der Waals surface area contributed by atoms with Gasteiger partial charge in [0.25, 0.3) is 0 Å². The molecule has 0 saturated heterocycles. The molecule has 15 heavy (non-hydrogen) atoms. The molecule has 0 N–H and O–H groups in total. The standard InChI is InChI=1S/C11H18N2OS/c1-9-11(15-13-12-9)8-14-7-10-5-3-2-4-6-10/h10H,2-8H2,1H3. The first kappa shape index (κ1) is 11.0. The molecule has 1 heterocycles. The van der Waals surface area contributed by atoms with Crippen molar-refractivity contribution < 1.29 is 4.74 Å². The predicted octanol–water partition coefficient (Wildman–Crippen LogP) is 2.94. The molecule has 3 nitrogen and oxygen atoms in total. The van der Waals surface area contributed by atoms with Crippen LogP contribution in [0.1, 0.15) is 42.7 Å². The number of rotatable bonds is 4. The fourth-order valence-corrected chi connectivity index (χ4v) is 2.63. The number of aromatic nitrogens is 2. The normalized spacial score (nSPS) is 18.2. The molecule has 2 rings (SSSR count). The van der Waals surface area contributed by atoms with Gasteiger partial charge in [-0.25, -0.2) is 0 Å².